The summed E-state index contributed by atoms with van der Waals surface area (Å²) < 4.78 is 14.4. The molecule has 0 bridgehead atoms. The standard InChI is InChI=1S/C14H16FN5O/c15-10-3-5-12(6-4-10)20-9-13(17-18-20)14(21)19-7-1-2-11(16)8-19/h3-6,9,11H,1-2,7-8,16H2/t11-/m1/s1. The zero-order chi connectivity index (χ0) is 14.8. The van der Waals surface area contributed by atoms with Crippen LogP contribution in [0, 0.1) is 5.82 Å². The topological polar surface area (TPSA) is 77.0 Å². The molecule has 2 heterocycles. The molecule has 1 aromatic carbocycles. The van der Waals surface area contributed by atoms with E-state index in [0.29, 0.717) is 18.8 Å². The number of piperidine rings is 1. The number of nitrogens with zero attached hydrogens (tertiary/aromatic N) is 4. The van der Waals surface area contributed by atoms with Crippen molar-refractivity contribution < 1.29 is 9.18 Å². The van der Waals surface area contributed by atoms with Crippen LogP contribution in [0.2, 0.25) is 0 Å². The lowest BCUT2D eigenvalue weighted by Gasteiger charge is -2.29. The van der Waals surface area contributed by atoms with Crippen LogP contribution in [0.4, 0.5) is 4.39 Å². The molecule has 1 amide bonds. The molecule has 0 radical (unpaired) electrons. The Bertz CT molecular complexity index is 639. The van der Waals surface area contributed by atoms with Crippen LogP contribution in [-0.4, -0.2) is 44.9 Å². The van der Waals surface area contributed by atoms with Crippen molar-refractivity contribution in [2.24, 2.45) is 5.73 Å². The number of carbonyl (C=O) groups excluding carboxylic acids is 1. The second-order valence-electron chi connectivity index (χ2n) is 5.18. The Morgan fingerprint density at radius 3 is 2.81 bits per heavy atom. The molecule has 0 aliphatic carbocycles. The lowest BCUT2D eigenvalue weighted by molar-refractivity contribution is 0.0702. The van der Waals surface area contributed by atoms with Gasteiger partial charge in [-0.2, -0.15) is 0 Å². The number of amides is 1. The molecule has 1 aromatic heterocycles. The summed E-state index contributed by atoms with van der Waals surface area (Å²) in [4.78, 5) is 14.0. The first-order chi connectivity index (χ1) is 10.1. The highest BCUT2D eigenvalue weighted by Crippen LogP contribution is 2.13. The first-order valence-electron chi connectivity index (χ1n) is 6.86. The van der Waals surface area contributed by atoms with Crippen molar-refractivity contribution in [1.82, 2.24) is 19.9 Å². The minimum atomic E-state index is -0.322. The molecule has 1 aliphatic heterocycles. The van der Waals surface area contributed by atoms with Crippen LogP contribution in [0.15, 0.2) is 30.5 Å². The molecule has 1 aliphatic rings. The average Bonchev–Trinajstić information content (AvgIpc) is 2.97. The van der Waals surface area contributed by atoms with Crippen LogP contribution in [0.1, 0.15) is 23.3 Å². The highest BCUT2D eigenvalue weighted by atomic mass is 19.1. The lowest BCUT2D eigenvalue weighted by atomic mass is 10.1. The molecule has 7 heteroatoms. The van der Waals surface area contributed by atoms with Crippen LogP contribution in [0.5, 0.6) is 0 Å². The van der Waals surface area contributed by atoms with E-state index >= 15 is 0 Å². The molecule has 0 saturated carbocycles. The summed E-state index contributed by atoms with van der Waals surface area (Å²) >= 11 is 0. The van der Waals surface area contributed by atoms with Crippen LogP contribution in [0.25, 0.3) is 5.69 Å². The number of aromatic nitrogens is 3. The third-order valence-electron chi connectivity index (χ3n) is 3.55. The van der Waals surface area contributed by atoms with Gasteiger partial charge in [-0.05, 0) is 37.1 Å². The minimum Gasteiger partial charge on any atom is -0.336 e. The van der Waals surface area contributed by atoms with Crippen molar-refractivity contribution in [2.45, 2.75) is 18.9 Å². The summed E-state index contributed by atoms with van der Waals surface area (Å²) in [7, 11) is 0. The van der Waals surface area contributed by atoms with Crippen molar-refractivity contribution in [3.63, 3.8) is 0 Å². The van der Waals surface area contributed by atoms with Gasteiger partial charge in [0.15, 0.2) is 5.69 Å². The Kier molecular flexibility index (Phi) is 3.66. The van der Waals surface area contributed by atoms with Crippen LogP contribution in [-0.2, 0) is 0 Å². The van der Waals surface area contributed by atoms with E-state index in [0.717, 1.165) is 12.8 Å². The number of hydrogen-bond acceptors (Lipinski definition) is 4. The zero-order valence-electron chi connectivity index (χ0n) is 11.4. The first-order valence-corrected chi connectivity index (χ1v) is 6.86. The van der Waals surface area contributed by atoms with Crippen molar-refractivity contribution in [3.05, 3.63) is 42.0 Å². The van der Waals surface area contributed by atoms with Gasteiger partial charge in [0.1, 0.15) is 5.82 Å². The van der Waals surface area contributed by atoms with E-state index in [-0.39, 0.29) is 23.5 Å². The molecule has 3 rings (SSSR count). The molecule has 2 aromatic rings. The summed E-state index contributed by atoms with van der Waals surface area (Å²) in [5.74, 6) is -0.490. The summed E-state index contributed by atoms with van der Waals surface area (Å²) in [6, 6.07) is 5.85. The van der Waals surface area contributed by atoms with Gasteiger partial charge in [0.05, 0.1) is 11.9 Å². The van der Waals surface area contributed by atoms with Gasteiger partial charge in [-0.15, -0.1) is 5.10 Å². The Morgan fingerprint density at radius 1 is 1.33 bits per heavy atom. The molecule has 1 fully saturated rings. The Morgan fingerprint density at radius 2 is 2.10 bits per heavy atom. The van der Waals surface area contributed by atoms with Crippen molar-refractivity contribution in [3.8, 4) is 5.69 Å². The second kappa shape index (κ2) is 5.61. The Labute approximate surface area is 121 Å². The predicted molar refractivity (Wildman–Crippen MR) is 74.4 cm³/mol. The highest BCUT2D eigenvalue weighted by Gasteiger charge is 2.24. The fraction of sp³-hybridized carbons (Fsp3) is 0.357. The Hall–Kier alpha value is -2.28. The van der Waals surface area contributed by atoms with Gasteiger partial charge in [0.2, 0.25) is 0 Å². The second-order valence-corrected chi connectivity index (χ2v) is 5.18. The minimum absolute atomic E-state index is 0.0230. The average molecular weight is 289 g/mol. The maximum absolute atomic E-state index is 12.9. The van der Waals surface area contributed by atoms with Gasteiger partial charge in [-0.3, -0.25) is 4.79 Å². The van der Waals surface area contributed by atoms with E-state index in [1.165, 1.54) is 16.8 Å². The third-order valence-corrected chi connectivity index (χ3v) is 3.55. The molecule has 21 heavy (non-hydrogen) atoms. The van der Waals surface area contributed by atoms with Gasteiger partial charge in [0, 0.05) is 19.1 Å². The van der Waals surface area contributed by atoms with Gasteiger partial charge in [-0.1, -0.05) is 5.21 Å². The fourth-order valence-electron chi connectivity index (χ4n) is 2.44. The van der Waals surface area contributed by atoms with Crippen molar-refractivity contribution >= 4 is 5.91 Å². The van der Waals surface area contributed by atoms with Crippen molar-refractivity contribution in [2.75, 3.05) is 13.1 Å². The van der Waals surface area contributed by atoms with Gasteiger partial charge < -0.3 is 10.6 Å². The van der Waals surface area contributed by atoms with E-state index in [1.54, 1.807) is 23.2 Å². The number of rotatable bonds is 2. The zero-order valence-corrected chi connectivity index (χ0v) is 11.4. The lowest BCUT2D eigenvalue weighted by Crippen LogP contribution is -2.45. The van der Waals surface area contributed by atoms with E-state index in [9.17, 15) is 9.18 Å². The van der Waals surface area contributed by atoms with Gasteiger partial charge in [0.25, 0.3) is 5.91 Å². The number of halogens is 1. The van der Waals surface area contributed by atoms with Crippen LogP contribution < -0.4 is 5.73 Å². The van der Waals surface area contributed by atoms with E-state index < -0.39 is 0 Å². The Balaban J connectivity index is 1.78. The van der Waals surface area contributed by atoms with Crippen LogP contribution >= 0.6 is 0 Å². The number of likely N-dealkylation sites (tertiary alicyclic amines) is 1. The molecule has 6 nitrogen and oxygen atoms in total. The van der Waals surface area contributed by atoms with Crippen LogP contribution in [0.3, 0.4) is 0 Å². The molecule has 1 atom stereocenters. The molecule has 110 valence electrons. The number of hydrogen-bond donors (Lipinski definition) is 1. The summed E-state index contributed by atoms with van der Waals surface area (Å²) in [5, 5.41) is 7.82. The number of carbonyl (C=O) groups is 1. The van der Waals surface area contributed by atoms with Crippen molar-refractivity contribution in [1.29, 1.82) is 0 Å². The normalized spacial score (nSPS) is 18.8. The van der Waals surface area contributed by atoms with E-state index in [2.05, 4.69) is 10.3 Å². The largest absolute Gasteiger partial charge is 0.336 e. The van der Waals surface area contributed by atoms with Gasteiger partial charge >= 0.3 is 0 Å². The molecule has 0 spiro atoms. The summed E-state index contributed by atoms with van der Waals surface area (Å²) in [6.07, 6.45) is 3.39. The fourth-order valence-corrected chi connectivity index (χ4v) is 2.44. The SMILES string of the molecule is N[C@@H]1CCCN(C(=O)c2cn(-c3ccc(F)cc3)nn2)C1. The smallest absolute Gasteiger partial charge is 0.276 e. The quantitative estimate of drug-likeness (QED) is 0.893. The molecular weight excluding hydrogens is 273 g/mol. The summed E-state index contributed by atoms with van der Waals surface area (Å²) in [5.41, 5.74) is 6.80. The molecule has 0 unspecified atom stereocenters. The molecule has 2 N–H and O–H groups in total. The molecular formula is C14H16FN5O. The van der Waals surface area contributed by atoms with E-state index in [1.807, 2.05) is 0 Å². The summed E-state index contributed by atoms with van der Waals surface area (Å²) in [6.45, 7) is 1.23. The maximum atomic E-state index is 12.9. The van der Waals surface area contributed by atoms with Gasteiger partial charge in [-0.25, -0.2) is 9.07 Å². The predicted octanol–water partition coefficient (Wildman–Crippen LogP) is 0.970. The third kappa shape index (κ3) is 2.92. The van der Waals surface area contributed by atoms with E-state index in [4.69, 9.17) is 5.73 Å². The highest BCUT2D eigenvalue weighted by molar-refractivity contribution is 5.92. The maximum Gasteiger partial charge on any atom is 0.276 e. The molecule has 1 saturated heterocycles. The number of benzene rings is 1. The first kappa shape index (κ1) is 13.7. The number of nitrogens with two attached hydrogens (primary N) is 1. The monoisotopic (exact) mass is 289 g/mol.